The van der Waals surface area contributed by atoms with Gasteiger partial charge in [0.2, 0.25) is 0 Å². The lowest BCUT2D eigenvalue weighted by molar-refractivity contribution is 0.0705. The Bertz CT molecular complexity index is 823. The molecule has 0 bridgehead atoms. The maximum atomic E-state index is 10.3. The lowest BCUT2D eigenvalue weighted by Gasteiger charge is -2.28. The Morgan fingerprint density at radius 1 is 1.23 bits per heavy atom. The number of nitrogens with zero attached hydrogens (tertiary/aromatic N) is 2. The lowest BCUT2D eigenvalue weighted by Crippen LogP contribution is -2.40. The number of aliphatic hydroxyl groups excluding tert-OH is 1. The maximum absolute atomic E-state index is 10.3. The first-order valence-electron chi connectivity index (χ1n) is 10.8. The van der Waals surface area contributed by atoms with Crippen LogP contribution in [0.5, 0.6) is 11.5 Å². The van der Waals surface area contributed by atoms with Crippen molar-refractivity contribution < 1.29 is 14.6 Å². The van der Waals surface area contributed by atoms with Crippen LogP contribution in [0, 0.1) is 0 Å². The summed E-state index contributed by atoms with van der Waals surface area (Å²) in [5.74, 6) is 3.63. The van der Waals surface area contributed by atoms with E-state index in [4.69, 9.17) is 9.47 Å². The number of H-pyrrole nitrogens is 1. The van der Waals surface area contributed by atoms with Crippen LogP contribution in [0.15, 0.2) is 18.2 Å². The fraction of sp³-hybridized carbons (Fsp3) is 0.591. The third-order valence-electron chi connectivity index (χ3n) is 5.75. The lowest BCUT2D eigenvalue weighted by atomic mass is 10.1. The molecule has 2 heterocycles. The molecular formula is C22H32N4O3S. The Labute approximate surface area is 182 Å². The van der Waals surface area contributed by atoms with Gasteiger partial charge in [-0.1, -0.05) is 6.07 Å². The fourth-order valence-corrected chi connectivity index (χ4v) is 5.10. The van der Waals surface area contributed by atoms with E-state index in [1.165, 1.54) is 17.7 Å². The van der Waals surface area contributed by atoms with Gasteiger partial charge in [-0.05, 0) is 42.5 Å². The van der Waals surface area contributed by atoms with Gasteiger partial charge < -0.3 is 19.9 Å². The van der Waals surface area contributed by atoms with Gasteiger partial charge in [-0.3, -0.25) is 10.00 Å². The number of hydrogen-bond donors (Lipinski definition) is 3. The molecular weight excluding hydrogens is 400 g/mol. The number of aromatic amines is 1. The zero-order chi connectivity index (χ0) is 20.8. The molecule has 1 fully saturated rings. The van der Waals surface area contributed by atoms with E-state index in [1.54, 1.807) is 7.11 Å². The highest BCUT2D eigenvalue weighted by molar-refractivity contribution is 7.99. The number of hydrogen-bond acceptors (Lipinski definition) is 7. The van der Waals surface area contributed by atoms with Crippen molar-refractivity contribution in [3.63, 3.8) is 0 Å². The number of aliphatic hydroxyl groups is 1. The van der Waals surface area contributed by atoms with Gasteiger partial charge in [0.25, 0.3) is 0 Å². The van der Waals surface area contributed by atoms with Crippen LogP contribution < -0.4 is 14.8 Å². The molecule has 2 aromatic rings. The third kappa shape index (κ3) is 5.49. The van der Waals surface area contributed by atoms with E-state index >= 15 is 0 Å². The van der Waals surface area contributed by atoms with Crippen molar-refractivity contribution in [2.75, 3.05) is 44.9 Å². The normalized spacial score (nSPS) is 17.7. The van der Waals surface area contributed by atoms with Crippen molar-refractivity contribution in [1.29, 1.82) is 0 Å². The summed E-state index contributed by atoms with van der Waals surface area (Å²) in [4.78, 5) is 2.30. The largest absolute Gasteiger partial charge is 0.493 e. The summed E-state index contributed by atoms with van der Waals surface area (Å²) in [6, 6.07) is 5.95. The molecule has 1 atom stereocenters. The standard InChI is InChI=1S/C22H32N4O3S/c1-28-22-11-16(12-23-13-20-18-3-2-4-19(18)24-25-20)5-6-21(22)29-15-17(27)14-26-7-9-30-10-8-26/h5-6,11,17,23,27H,2-4,7-10,12-15H2,1H3,(H,24,25)/t17-/m0/s1. The topological polar surface area (TPSA) is 82.6 Å². The van der Waals surface area contributed by atoms with Crippen LogP contribution in [0.2, 0.25) is 0 Å². The molecule has 4 rings (SSSR count). The van der Waals surface area contributed by atoms with E-state index in [2.05, 4.69) is 20.4 Å². The number of ether oxygens (including phenoxy) is 2. The van der Waals surface area contributed by atoms with Crippen molar-refractivity contribution in [1.82, 2.24) is 20.4 Å². The molecule has 1 aliphatic heterocycles. The highest BCUT2D eigenvalue weighted by Gasteiger charge is 2.18. The fourth-order valence-electron chi connectivity index (χ4n) is 4.12. The molecule has 0 amide bonds. The minimum Gasteiger partial charge on any atom is -0.493 e. The quantitative estimate of drug-likeness (QED) is 0.530. The predicted octanol–water partition coefficient (Wildman–Crippen LogP) is 1.99. The summed E-state index contributed by atoms with van der Waals surface area (Å²) >= 11 is 1.97. The minimum absolute atomic E-state index is 0.266. The van der Waals surface area contributed by atoms with Gasteiger partial charge in [-0.25, -0.2) is 0 Å². The van der Waals surface area contributed by atoms with Crippen LogP contribution in [0.1, 0.15) is 28.9 Å². The number of fused-ring (bicyclic) bond motifs is 1. The van der Waals surface area contributed by atoms with Crippen molar-refractivity contribution in [2.24, 2.45) is 0 Å². The van der Waals surface area contributed by atoms with Gasteiger partial charge in [0.05, 0.1) is 12.8 Å². The molecule has 1 aromatic carbocycles. The Hall–Kier alpha value is -1.74. The van der Waals surface area contributed by atoms with E-state index in [-0.39, 0.29) is 6.61 Å². The monoisotopic (exact) mass is 432 g/mol. The SMILES string of the molecule is COc1cc(CNCc2n[nH]c3c2CCC3)ccc1OC[C@@H](O)CN1CCSCC1. The summed E-state index contributed by atoms with van der Waals surface area (Å²) in [6.45, 7) is 4.48. The number of thioether (sulfide) groups is 1. The third-order valence-corrected chi connectivity index (χ3v) is 6.69. The van der Waals surface area contributed by atoms with Crippen LogP contribution in [0.3, 0.4) is 0 Å². The highest BCUT2D eigenvalue weighted by atomic mass is 32.2. The second-order valence-electron chi connectivity index (χ2n) is 7.95. The molecule has 30 heavy (non-hydrogen) atoms. The molecule has 1 aliphatic carbocycles. The Kier molecular flexibility index (Phi) is 7.54. The highest BCUT2D eigenvalue weighted by Crippen LogP contribution is 2.28. The number of nitrogens with one attached hydrogen (secondary N) is 2. The van der Waals surface area contributed by atoms with E-state index in [1.807, 2.05) is 30.0 Å². The van der Waals surface area contributed by atoms with Crippen LogP contribution in [0.25, 0.3) is 0 Å². The average Bonchev–Trinajstić information content (AvgIpc) is 3.38. The average molecular weight is 433 g/mol. The molecule has 1 saturated heterocycles. The molecule has 164 valence electrons. The number of benzene rings is 1. The van der Waals surface area contributed by atoms with Crippen LogP contribution >= 0.6 is 11.8 Å². The molecule has 0 saturated carbocycles. The number of rotatable bonds is 10. The Balaban J connectivity index is 1.25. The Morgan fingerprint density at radius 2 is 2.10 bits per heavy atom. The Morgan fingerprint density at radius 3 is 2.93 bits per heavy atom. The van der Waals surface area contributed by atoms with Crippen LogP contribution in [-0.2, 0) is 25.9 Å². The van der Waals surface area contributed by atoms with E-state index < -0.39 is 6.10 Å². The molecule has 0 spiro atoms. The molecule has 8 heteroatoms. The van der Waals surface area contributed by atoms with Gasteiger partial charge in [-0.2, -0.15) is 16.9 Å². The first-order chi connectivity index (χ1) is 14.7. The zero-order valence-corrected chi connectivity index (χ0v) is 18.5. The zero-order valence-electron chi connectivity index (χ0n) is 17.7. The second-order valence-corrected chi connectivity index (χ2v) is 9.17. The number of aryl methyl sites for hydroxylation is 1. The van der Waals surface area contributed by atoms with Crippen molar-refractivity contribution in [3.05, 3.63) is 40.7 Å². The van der Waals surface area contributed by atoms with E-state index in [0.29, 0.717) is 18.0 Å². The van der Waals surface area contributed by atoms with Crippen LogP contribution in [-0.4, -0.2) is 71.2 Å². The maximum Gasteiger partial charge on any atom is 0.161 e. The van der Waals surface area contributed by atoms with Gasteiger partial charge in [0, 0.05) is 49.9 Å². The minimum atomic E-state index is -0.505. The van der Waals surface area contributed by atoms with Gasteiger partial charge in [-0.15, -0.1) is 0 Å². The smallest absolute Gasteiger partial charge is 0.161 e. The molecule has 7 nitrogen and oxygen atoms in total. The first kappa shape index (κ1) is 21.5. The van der Waals surface area contributed by atoms with Gasteiger partial charge >= 0.3 is 0 Å². The summed E-state index contributed by atoms with van der Waals surface area (Å²) in [6.07, 6.45) is 2.97. The summed E-state index contributed by atoms with van der Waals surface area (Å²) in [5, 5.41) is 21.4. The summed E-state index contributed by atoms with van der Waals surface area (Å²) in [5.41, 5.74) is 4.95. The molecule has 0 unspecified atom stereocenters. The van der Waals surface area contributed by atoms with Gasteiger partial charge in [0.15, 0.2) is 11.5 Å². The van der Waals surface area contributed by atoms with Crippen molar-refractivity contribution >= 4 is 11.8 Å². The van der Waals surface area contributed by atoms with E-state index in [9.17, 15) is 5.11 Å². The van der Waals surface area contributed by atoms with Gasteiger partial charge in [0.1, 0.15) is 12.7 Å². The van der Waals surface area contributed by atoms with Crippen molar-refractivity contribution in [3.8, 4) is 11.5 Å². The molecule has 0 radical (unpaired) electrons. The molecule has 3 N–H and O–H groups in total. The number of aromatic nitrogens is 2. The van der Waals surface area contributed by atoms with Crippen LogP contribution in [0.4, 0.5) is 0 Å². The number of β-amino-alcohol motifs (C(OH)–C–C–N with tert-alkyl or cyclic N) is 1. The first-order valence-corrected chi connectivity index (χ1v) is 11.9. The summed E-state index contributed by atoms with van der Waals surface area (Å²) < 4.78 is 11.4. The molecule has 1 aromatic heterocycles. The summed E-state index contributed by atoms with van der Waals surface area (Å²) in [7, 11) is 1.65. The predicted molar refractivity (Wildman–Crippen MR) is 119 cm³/mol. The molecule has 2 aliphatic rings. The van der Waals surface area contributed by atoms with E-state index in [0.717, 1.165) is 61.8 Å². The number of methoxy groups -OCH3 is 1. The van der Waals surface area contributed by atoms with Crippen molar-refractivity contribution in [2.45, 2.75) is 38.5 Å². The second kappa shape index (κ2) is 10.5.